The third-order valence-electron chi connectivity index (χ3n) is 10.4. The first kappa shape index (κ1) is 56.5. The Kier molecular flexibility index (Phi) is 39.8. The quantitative estimate of drug-likeness (QED) is 0.0196. The maximum atomic E-state index is 12.7. The maximum absolute atomic E-state index is 12.7. The van der Waals surface area contributed by atoms with Gasteiger partial charge in [0.05, 0.1) is 27.7 Å². The van der Waals surface area contributed by atoms with Gasteiger partial charge in [0, 0.05) is 12.8 Å². The lowest BCUT2D eigenvalue weighted by molar-refractivity contribution is -0.870. The average Bonchev–Trinajstić information content (AvgIpc) is 3.17. The lowest BCUT2D eigenvalue weighted by Crippen LogP contribution is -2.37. The number of esters is 2. The van der Waals surface area contributed by atoms with Crippen molar-refractivity contribution in [2.75, 3.05) is 47.5 Å². The molecule has 0 bridgehead atoms. The van der Waals surface area contributed by atoms with Crippen LogP contribution in [-0.2, 0) is 32.7 Å². The third-order valence-corrected chi connectivity index (χ3v) is 11.4. The molecular weight excluding hydrogens is 750 g/mol. The summed E-state index contributed by atoms with van der Waals surface area (Å²) in [5.41, 5.74) is 0. The van der Waals surface area contributed by atoms with Gasteiger partial charge < -0.3 is 27.9 Å². The van der Waals surface area contributed by atoms with Crippen molar-refractivity contribution in [3.05, 3.63) is 24.3 Å². The second kappa shape index (κ2) is 40.9. The number of hydrogen-bond donors (Lipinski definition) is 0. The smallest absolute Gasteiger partial charge is 0.306 e. The van der Waals surface area contributed by atoms with Crippen LogP contribution in [0.3, 0.4) is 0 Å². The molecule has 0 N–H and O–H groups in total. The normalized spacial score (nSPS) is 13.7. The highest BCUT2D eigenvalue weighted by Gasteiger charge is 2.21. The van der Waals surface area contributed by atoms with Crippen molar-refractivity contribution in [1.82, 2.24) is 0 Å². The number of hydrogen-bond acceptors (Lipinski definition) is 8. The number of nitrogens with zero attached hydrogens (tertiary/aromatic N) is 1. The number of phosphoric ester groups is 1. The zero-order chi connectivity index (χ0) is 42.8. The first-order valence-corrected chi connectivity index (χ1v) is 25.5. The minimum Gasteiger partial charge on any atom is -0.756 e. The molecule has 0 saturated heterocycles. The topological polar surface area (TPSA) is 111 Å². The van der Waals surface area contributed by atoms with Crippen LogP contribution < -0.4 is 4.89 Å². The number of unbranched alkanes of at least 4 members (excludes halogenated alkanes) is 26. The third kappa shape index (κ3) is 44.1. The molecule has 342 valence electrons. The molecule has 0 radical (unpaired) electrons. The number of carbonyl (C=O) groups excluding carboxylic acids is 2. The van der Waals surface area contributed by atoms with E-state index >= 15 is 0 Å². The molecule has 0 saturated carbocycles. The number of phosphoric acid groups is 1. The van der Waals surface area contributed by atoms with E-state index in [1.165, 1.54) is 135 Å². The van der Waals surface area contributed by atoms with E-state index < -0.39 is 26.5 Å². The van der Waals surface area contributed by atoms with Crippen molar-refractivity contribution in [3.8, 4) is 0 Å². The average molecular weight is 842 g/mol. The maximum Gasteiger partial charge on any atom is 0.306 e. The molecule has 0 aliphatic carbocycles. The van der Waals surface area contributed by atoms with Crippen LogP contribution in [0.2, 0.25) is 0 Å². The zero-order valence-corrected chi connectivity index (χ0v) is 39.4. The number of allylic oxidation sites excluding steroid dienone is 4. The lowest BCUT2D eigenvalue weighted by atomic mass is 10.1. The van der Waals surface area contributed by atoms with E-state index in [4.69, 9.17) is 18.5 Å². The van der Waals surface area contributed by atoms with Gasteiger partial charge in [-0.3, -0.25) is 14.2 Å². The van der Waals surface area contributed by atoms with E-state index in [1.54, 1.807) is 0 Å². The lowest BCUT2D eigenvalue weighted by Gasteiger charge is -2.28. The summed E-state index contributed by atoms with van der Waals surface area (Å²) in [6.07, 6.45) is 44.8. The molecule has 0 aliphatic rings. The molecule has 0 aromatic heterocycles. The van der Waals surface area contributed by atoms with Gasteiger partial charge >= 0.3 is 11.9 Å². The van der Waals surface area contributed by atoms with Gasteiger partial charge in [0.2, 0.25) is 0 Å². The molecule has 2 atom stereocenters. The Balaban J connectivity index is 4.28. The van der Waals surface area contributed by atoms with E-state index in [0.717, 1.165) is 51.4 Å². The van der Waals surface area contributed by atoms with Crippen molar-refractivity contribution in [3.63, 3.8) is 0 Å². The molecule has 0 aliphatic heterocycles. The van der Waals surface area contributed by atoms with E-state index in [0.29, 0.717) is 17.4 Å². The van der Waals surface area contributed by atoms with E-state index in [-0.39, 0.29) is 32.0 Å². The highest BCUT2D eigenvalue weighted by Crippen LogP contribution is 2.38. The molecule has 1 unspecified atom stereocenters. The van der Waals surface area contributed by atoms with Gasteiger partial charge in [0.25, 0.3) is 7.82 Å². The minimum absolute atomic E-state index is 0.0313. The van der Waals surface area contributed by atoms with Crippen molar-refractivity contribution in [1.29, 1.82) is 0 Å². The van der Waals surface area contributed by atoms with Crippen molar-refractivity contribution >= 4 is 19.8 Å². The highest BCUT2D eigenvalue weighted by molar-refractivity contribution is 7.45. The van der Waals surface area contributed by atoms with Gasteiger partial charge in [-0.25, -0.2) is 0 Å². The molecule has 0 fully saturated rings. The molecule has 9 nitrogen and oxygen atoms in total. The summed E-state index contributed by atoms with van der Waals surface area (Å²) in [4.78, 5) is 37.6. The number of likely N-dealkylation sites (N-methyl/N-ethyl adjacent to an activating group) is 1. The summed E-state index contributed by atoms with van der Waals surface area (Å²) >= 11 is 0. The summed E-state index contributed by atoms with van der Waals surface area (Å²) in [7, 11) is 1.16. The van der Waals surface area contributed by atoms with E-state index in [1.807, 2.05) is 21.1 Å². The fourth-order valence-corrected chi connectivity index (χ4v) is 7.37. The zero-order valence-electron chi connectivity index (χ0n) is 38.5. The van der Waals surface area contributed by atoms with E-state index in [9.17, 15) is 19.0 Å². The molecule has 10 heteroatoms. The van der Waals surface area contributed by atoms with Gasteiger partial charge in [-0.1, -0.05) is 167 Å². The van der Waals surface area contributed by atoms with Crippen molar-refractivity contribution in [2.45, 2.75) is 225 Å². The van der Waals surface area contributed by atoms with Crippen LogP contribution in [0.15, 0.2) is 24.3 Å². The van der Waals surface area contributed by atoms with Crippen molar-refractivity contribution in [2.24, 2.45) is 0 Å². The van der Waals surface area contributed by atoms with Gasteiger partial charge in [0.1, 0.15) is 19.8 Å². The predicted octanol–water partition coefficient (Wildman–Crippen LogP) is 13.3. The fourth-order valence-electron chi connectivity index (χ4n) is 6.64. The van der Waals surface area contributed by atoms with Crippen LogP contribution in [0.5, 0.6) is 0 Å². The SMILES string of the molecule is CCCCCCCC/C=C\CCCCCCCCCCCC(=O)OC[C@H](COP(=O)([O-])OCC[N+](C)(C)C)OC(=O)CCCCCCC/C=C\CCCCCCCC. The largest absolute Gasteiger partial charge is 0.756 e. The summed E-state index contributed by atoms with van der Waals surface area (Å²) in [6, 6.07) is 0. The number of rotatable bonds is 44. The number of quaternary nitrogens is 1. The second-order valence-corrected chi connectivity index (χ2v) is 18.9. The Morgan fingerprint density at radius 1 is 0.517 bits per heavy atom. The van der Waals surface area contributed by atoms with Crippen molar-refractivity contribution < 1.29 is 42.1 Å². The molecule has 0 spiro atoms. The summed E-state index contributed by atoms with van der Waals surface area (Å²) < 4.78 is 34.0. The molecule has 0 amide bonds. The molecule has 0 heterocycles. The standard InChI is InChI=1S/C48H92NO8P/c1-6-8-10-12-14-16-18-20-22-23-24-25-27-28-30-32-34-36-38-40-47(50)54-44-46(45-56-58(52,53)55-43-42-49(3,4)5)57-48(51)41-39-37-35-33-31-29-26-21-19-17-15-13-11-9-7-2/h20-22,26,46H,6-19,23-25,27-45H2,1-5H3/b22-20-,26-21-/t46-/m1/s1. The predicted molar refractivity (Wildman–Crippen MR) is 241 cm³/mol. The molecular formula is C48H92NO8P. The Labute approximate surface area is 358 Å². The van der Waals surface area contributed by atoms with Crippen LogP contribution in [0, 0.1) is 0 Å². The first-order chi connectivity index (χ1) is 28.0. The highest BCUT2D eigenvalue weighted by atomic mass is 31.2. The van der Waals surface area contributed by atoms with Crippen LogP contribution in [0.1, 0.15) is 219 Å². The van der Waals surface area contributed by atoms with E-state index in [2.05, 4.69) is 38.2 Å². The first-order valence-electron chi connectivity index (χ1n) is 24.0. The molecule has 58 heavy (non-hydrogen) atoms. The molecule has 0 rings (SSSR count). The number of carbonyl (C=O) groups is 2. The van der Waals surface area contributed by atoms with Crippen LogP contribution >= 0.6 is 7.82 Å². The van der Waals surface area contributed by atoms with Gasteiger partial charge in [-0.2, -0.15) is 0 Å². The number of ether oxygens (including phenoxy) is 2. The summed E-state index contributed by atoms with van der Waals surface area (Å²) in [6.45, 7) is 4.23. The van der Waals surface area contributed by atoms with Crippen LogP contribution in [0.4, 0.5) is 0 Å². The Morgan fingerprint density at radius 2 is 0.879 bits per heavy atom. The molecule has 0 aromatic carbocycles. The summed E-state index contributed by atoms with van der Waals surface area (Å²) in [5, 5.41) is 0. The second-order valence-electron chi connectivity index (χ2n) is 17.5. The molecule has 0 aromatic rings. The Bertz CT molecular complexity index is 1040. The van der Waals surface area contributed by atoms with Gasteiger partial charge in [-0.15, -0.1) is 0 Å². The monoisotopic (exact) mass is 842 g/mol. The van der Waals surface area contributed by atoms with Gasteiger partial charge in [-0.05, 0) is 64.2 Å². The summed E-state index contributed by atoms with van der Waals surface area (Å²) in [5.74, 6) is -0.839. The van der Waals surface area contributed by atoms with Crippen LogP contribution in [-0.4, -0.2) is 70.0 Å². The fraction of sp³-hybridized carbons (Fsp3) is 0.875. The van der Waals surface area contributed by atoms with Gasteiger partial charge in [0.15, 0.2) is 6.10 Å². The van der Waals surface area contributed by atoms with Crippen LogP contribution in [0.25, 0.3) is 0 Å². The Hall–Kier alpha value is -1.51. The Morgan fingerprint density at radius 3 is 1.28 bits per heavy atom. The minimum atomic E-state index is -4.63.